The molecule has 9 nitrogen and oxygen atoms in total. The van der Waals surface area contributed by atoms with Crippen molar-refractivity contribution in [3.05, 3.63) is 42.4 Å². The Bertz CT molecular complexity index is 1050. The lowest BCUT2D eigenvalue weighted by atomic mass is 10.2. The smallest absolute Gasteiger partial charge is 0.243 e. The number of sulfonamides is 1. The zero-order valence-corrected chi connectivity index (χ0v) is 17.4. The van der Waals surface area contributed by atoms with Crippen LogP contribution in [0.4, 0.5) is 5.69 Å². The second kappa shape index (κ2) is 8.11. The van der Waals surface area contributed by atoms with E-state index in [2.05, 4.69) is 5.32 Å². The lowest BCUT2D eigenvalue weighted by molar-refractivity contribution is -0.124. The minimum atomic E-state index is -3.93. The quantitative estimate of drug-likeness (QED) is 0.765. The van der Waals surface area contributed by atoms with Crippen LogP contribution in [0.3, 0.4) is 0 Å². The summed E-state index contributed by atoms with van der Waals surface area (Å²) >= 11 is 0. The van der Waals surface area contributed by atoms with Crippen LogP contribution in [-0.4, -0.2) is 50.3 Å². The Morgan fingerprint density at radius 2 is 2.07 bits per heavy atom. The number of furan rings is 1. The highest BCUT2D eigenvalue weighted by Crippen LogP contribution is 2.36. The molecular weight excluding hydrogens is 410 g/mol. The molecule has 10 heteroatoms. The molecule has 1 saturated heterocycles. The molecule has 1 atom stereocenters. The fraction of sp³-hybridized carbons (Fsp3) is 0.400. The van der Waals surface area contributed by atoms with Gasteiger partial charge in [-0.3, -0.25) is 9.59 Å². The third kappa shape index (κ3) is 3.80. The van der Waals surface area contributed by atoms with Crippen molar-refractivity contribution in [2.45, 2.75) is 37.2 Å². The van der Waals surface area contributed by atoms with Crippen LogP contribution < -0.4 is 15.0 Å². The Kier molecular flexibility index (Phi) is 5.52. The van der Waals surface area contributed by atoms with Crippen LogP contribution in [0.15, 0.2) is 45.9 Å². The number of nitrogens with one attached hydrogen (secondary N) is 1. The van der Waals surface area contributed by atoms with Gasteiger partial charge in [0.15, 0.2) is 0 Å². The summed E-state index contributed by atoms with van der Waals surface area (Å²) in [4.78, 5) is 26.1. The minimum absolute atomic E-state index is 0.0312. The summed E-state index contributed by atoms with van der Waals surface area (Å²) in [5.41, 5.74) is 0.424. The number of carbonyl (C=O) groups excluding carboxylic acids is 2. The van der Waals surface area contributed by atoms with Crippen LogP contribution in [0.2, 0.25) is 0 Å². The van der Waals surface area contributed by atoms with Gasteiger partial charge in [0.05, 0.1) is 29.9 Å². The largest absolute Gasteiger partial charge is 0.490 e. The molecule has 0 aliphatic carbocycles. The van der Waals surface area contributed by atoms with Gasteiger partial charge in [-0.2, -0.15) is 4.31 Å². The van der Waals surface area contributed by atoms with E-state index in [-0.39, 0.29) is 29.8 Å². The highest BCUT2D eigenvalue weighted by atomic mass is 32.2. The van der Waals surface area contributed by atoms with E-state index < -0.39 is 16.1 Å². The maximum atomic E-state index is 13.3. The summed E-state index contributed by atoms with van der Waals surface area (Å²) in [6.07, 6.45) is 2.54. The van der Waals surface area contributed by atoms with Gasteiger partial charge in [0.25, 0.3) is 0 Å². The molecule has 1 N–H and O–H groups in total. The number of ether oxygens (including phenoxy) is 1. The van der Waals surface area contributed by atoms with E-state index in [1.54, 1.807) is 18.2 Å². The van der Waals surface area contributed by atoms with Gasteiger partial charge in [-0.1, -0.05) is 0 Å². The van der Waals surface area contributed by atoms with Gasteiger partial charge >= 0.3 is 0 Å². The third-order valence-electron chi connectivity index (χ3n) is 5.30. The van der Waals surface area contributed by atoms with E-state index in [0.29, 0.717) is 43.2 Å². The molecular formula is C20H23N3O6S. The number of hydrogen-bond acceptors (Lipinski definition) is 6. The lowest BCUT2D eigenvalue weighted by Crippen LogP contribution is -2.45. The summed E-state index contributed by atoms with van der Waals surface area (Å²) in [6.45, 7) is 2.58. The van der Waals surface area contributed by atoms with E-state index in [9.17, 15) is 18.0 Å². The second-order valence-corrected chi connectivity index (χ2v) is 9.11. The average Bonchev–Trinajstić information content (AvgIpc) is 3.43. The van der Waals surface area contributed by atoms with Crippen molar-refractivity contribution in [3.63, 3.8) is 0 Å². The number of fused-ring (bicyclic) bond motifs is 1. The van der Waals surface area contributed by atoms with Crippen molar-refractivity contribution < 1.29 is 27.2 Å². The highest BCUT2D eigenvalue weighted by Gasteiger charge is 2.40. The molecule has 1 aromatic heterocycles. The fourth-order valence-electron chi connectivity index (χ4n) is 3.82. The SMILES string of the molecule is CC(=O)N1CCOc2ccc(S(=O)(=O)N3CCCC3C(=O)NCc3ccco3)cc21. The minimum Gasteiger partial charge on any atom is -0.490 e. The molecule has 2 amide bonds. The predicted octanol–water partition coefficient (Wildman–Crippen LogP) is 1.49. The van der Waals surface area contributed by atoms with Gasteiger partial charge in [0.2, 0.25) is 21.8 Å². The molecule has 0 spiro atoms. The first kappa shape index (κ1) is 20.4. The fourth-order valence-corrected chi connectivity index (χ4v) is 5.49. The van der Waals surface area contributed by atoms with Gasteiger partial charge < -0.3 is 19.4 Å². The van der Waals surface area contributed by atoms with Crippen LogP contribution in [0.5, 0.6) is 5.75 Å². The normalized spacial score (nSPS) is 19.2. The van der Waals surface area contributed by atoms with Crippen molar-refractivity contribution in [1.29, 1.82) is 0 Å². The molecule has 30 heavy (non-hydrogen) atoms. The van der Waals surface area contributed by atoms with Gasteiger partial charge in [-0.25, -0.2) is 8.42 Å². The van der Waals surface area contributed by atoms with E-state index in [4.69, 9.17) is 9.15 Å². The Labute approximate surface area is 174 Å². The summed E-state index contributed by atoms with van der Waals surface area (Å²) in [5.74, 6) is 0.504. The van der Waals surface area contributed by atoms with Gasteiger partial charge in [0.1, 0.15) is 24.2 Å². The molecule has 2 aliphatic rings. The Morgan fingerprint density at radius 1 is 1.23 bits per heavy atom. The molecule has 160 valence electrons. The topological polar surface area (TPSA) is 109 Å². The van der Waals surface area contributed by atoms with Crippen LogP contribution in [0, 0.1) is 0 Å². The summed E-state index contributed by atoms with van der Waals surface area (Å²) < 4.78 is 38.6. The number of hydrogen-bond donors (Lipinski definition) is 1. The van der Waals surface area contributed by atoms with Crippen molar-refractivity contribution in [3.8, 4) is 5.75 Å². The van der Waals surface area contributed by atoms with Crippen LogP contribution in [0.1, 0.15) is 25.5 Å². The van der Waals surface area contributed by atoms with Gasteiger partial charge in [0, 0.05) is 13.5 Å². The summed E-state index contributed by atoms with van der Waals surface area (Å²) in [6, 6.07) is 7.12. The molecule has 1 aromatic carbocycles. The van der Waals surface area contributed by atoms with Gasteiger partial charge in [-0.15, -0.1) is 0 Å². The second-order valence-electron chi connectivity index (χ2n) is 7.22. The number of anilines is 1. The van der Waals surface area contributed by atoms with Crippen molar-refractivity contribution in [2.75, 3.05) is 24.6 Å². The zero-order chi connectivity index (χ0) is 21.3. The number of rotatable bonds is 5. The Hall–Kier alpha value is -2.85. The van der Waals surface area contributed by atoms with E-state index in [1.807, 2.05) is 0 Å². The highest BCUT2D eigenvalue weighted by molar-refractivity contribution is 7.89. The predicted molar refractivity (Wildman–Crippen MR) is 107 cm³/mol. The standard InChI is InChI=1S/C20H23N3O6S/c1-14(24)22-9-11-29-19-7-6-16(12-18(19)22)30(26,27)23-8-2-5-17(23)20(25)21-13-15-4-3-10-28-15/h3-4,6-7,10,12,17H,2,5,8-9,11,13H2,1H3,(H,21,25). The average molecular weight is 433 g/mol. The van der Waals surface area contributed by atoms with Crippen molar-refractivity contribution >= 4 is 27.5 Å². The summed E-state index contributed by atoms with van der Waals surface area (Å²) in [7, 11) is -3.93. The molecule has 1 unspecified atom stereocenters. The van der Waals surface area contributed by atoms with E-state index in [0.717, 1.165) is 0 Å². The summed E-state index contributed by atoms with van der Waals surface area (Å²) in [5, 5.41) is 2.74. The lowest BCUT2D eigenvalue weighted by Gasteiger charge is -2.30. The molecule has 0 bridgehead atoms. The number of carbonyl (C=O) groups is 2. The third-order valence-corrected chi connectivity index (χ3v) is 7.21. The van der Waals surface area contributed by atoms with Gasteiger partial charge in [-0.05, 0) is 43.2 Å². The maximum absolute atomic E-state index is 13.3. The van der Waals surface area contributed by atoms with E-state index in [1.165, 1.54) is 34.5 Å². The van der Waals surface area contributed by atoms with E-state index >= 15 is 0 Å². The zero-order valence-electron chi connectivity index (χ0n) is 16.5. The maximum Gasteiger partial charge on any atom is 0.243 e. The number of nitrogens with zero attached hydrogens (tertiary/aromatic N) is 2. The molecule has 0 saturated carbocycles. The Balaban J connectivity index is 1.57. The molecule has 2 aromatic rings. The first-order valence-corrected chi connectivity index (χ1v) is 11.2. The first-order valence-electron chi connectivity index (χ1n) is 9.75. The van der Waals surface area contributed by atoms with Crippen molar-refractivity contribution in [2.24, 2.45) is 0 Å². The molecule has 1 fully saturated rings. The number of benzene rings is 1. The number of amides is 2. The first-order chi connectivity index (χ1) is 14.4. The monoisotopic (exact) mass is 433 g/mol. The van der Waals surface area contributed by atoms with Crippen LogP contribution in [-0.2, 0) is 26.2 Å². The molecule has 0 radical (unpaired) electrons. The molecule has 2 aliphatic heterocycles. The molecule has 3 heterocycles. The Morgan fingerprint density at radius 3 is 2.80 bits per heavy atom. The molecule has 4 rings (SSSR count). The van der Waals surface area contributed by atoms with Crippen LogP contribution in [0.25, 0.3) is 0 Å². The van der Waals surface area contributed by atoms with Crippen LogP contribution >= 0.6 is 0 Å². The van der Waals surface area contributed by atoms with Crippen molar-refractivity contribution in [1.82, 2.24) is 9.62 Å².